The quantitative estimate of drug-likeness (QED) is 0.887. The number of rotatable bonds is 4. The van der Waals surface area contributed by atoms with Crippen LogP contribution in [0.3, 0.4) is 0 Å². The maximum atomic E-state index is 6.01. The van der Waals surface area contributed by atoms with E-state index in [0.29, 0.717) is 5.02 Å². The largest absolute Gasteiger partial charge is 0.379 e. The summed E-state index contributed by atoms with van der Waals surface area (Å²) in [6.07, 6.45) is 8.86. The molecule has 0 spiro atoms. The molecule has 0 aromatic carbocycles. The van der Waals surface area contributed by atoms with E-state index in [1.54, 1.807) is 24.9 Å². The van der Waals surface area contributed by atoms with E-state index >= 15 is 0 Å². The third-order valence-electron chi connectivity index (χ3n) is 2.22. The Morgan fingerprint density at radius 2 is 2.31 bits per heavy atom. The van der Waals surface area contributed by atoms with Gasteiger partial charge in [0, 0.05) is 37.4 Å². The first-order valence-electron chi connectivity index (χ1n) is 5.07. The Labute approximate surface area is 99.3 Å². The summed E-state index contributed by atoms with van der Waals surface area (Å²) in [7, 11) is 0. The molecule has 2 rings (SSSR count). The second-order valence-electron chi connectivity index (χ2n) is 3.66. The van der Waals surface area contributed by atoms with Crippen LogP contribution in [0, 0.1) is 0 Å². The molecule has 0 aliphatic heterocycles. The second kappa shape index (κ2) is 4.99. The SMILES string of the molecule is CC(Cn1ccnc1)Nc1ccncc1Cl. The number of nitrogens with one attached hydrogen (secondary N) is 1. The average Bonchev–Trinajstić information content (AvgIpc) is 2.74. The molecule has 2 aromatic rings. The molecule has 0 amide bonds. The lowest BCUT2D eigenvalue weighted by molar-refractivity contribution is 0.619. The maximum absolute atomic E-state index is 6.01. The van der Waals surface area contributed by atoms with Gasteiger partial charge in [0.25, 0.3) is 0 Å². The lowest BCUT2D eigenvalue weighted by Gasteiger charge is -2.16. The van der Waals surface area contributed by atoms with Crippen LogP contribution in [0.5, 0.6) is 0 Å². The summed E-state index contributed by atoms with van der Waals surface area (Å²) in [5.41, 5.74) is 0.907. The molecule has 1 N–H and O–H groups in total. The second-order valence-corrected chi connectivity index (χ2v) is 4.07. The lowest BCUT2D eigenvalue weighted by atomic mass is 10.3. The maximum Gasteiger partial charge on any atom is 0.0946 e. The summed E-state index contributed by atoms with van der Waals surface area (Å²) >= 11 is 6.01. The number of nitrogens with zero attached hydrogens (tertiary/aromatic N) is 3. The molecule has 2 aromatic heterocycles. The zero-order valence-electron chi connectivity index (χ0n) is 8.97. The molecular formula is C11H13ClN4. The normalized spacial score (nSPS) is 12.4. The van der Waals surface area contributed by atoms with Gasteiger partial charge in [0.05, 0.1) is 17.0 Å². The summed E-state index contributed by atoms with van der Waals surface area (Å²) in [4.78, 5) is 7.94. The first-order chi connectivity index (χ1) is 7.75. The number of hydrogen-bond acceptors (Lipinski definition) is 3. The van der Waals surface area contributed by atoms with Gasteiger partial charge in [-0.15, -0.1) is 0 Å². The van der Waals surface area contributed by atoms with Crippen molar-refractivity contribution in [2.24, 2.45) is 0 Å². The molecule has 16 heavy (non-hydrogen) atoms. The van der Waals surface area contributed by atoms with E-state index in [9.17, 15) is 0 Å². The number of halogens is 1. The summed E-state index contributed by atoms with van der Waals surface area (Å²) < 4.78 is 2.02. The smallest absolute Gasteiger partial charge is 0.0946 e. The number of anilines is 1. The van der Waals surface area contributed by atoms with Crippen molar-refractivity contribution in [3.8, 4) is 0 Å². The van der Waals surface area contributed by atoms with Crippen LogP contribution in [-0.4, -0.2) is 20.6 Å². The van der Waals surface area contributed by atoms with Gasteiger partial charge in [0.2, 0.25) is 0 Å². The highest BCUT2D eigenvalue weighted by Gasteiger charge is 2.05. The molecule has 0 saturated carbocycles. The molecular weight excluding hydrogens is 224 g/mol. The van der Waals surface area contributed by atoms with Crippen molar-refractivity contribution in [3.05, 3.63) is 42.2 Å². The van der Waals surface area contributed by atoms with Gasteiger partial charge in [-0.2, -0.15) is 0 Å². The van der Waals surface area contributed by atoms with Crippen molar-refractivity contribution in [3.63, 3.8) is 0 Å². The third kappa shape index (κ3) is 2.73. The third-order valence-corrected chi connectivity index (χ3v) is 2.52. The minimum absolute atomic E-state index is 0.272. The van der Waals surface area contributed by atoms with Crippen molar-refractivity contribution < 1.29 is 0 Å². The minimum Gasteiger partial charge on any atom is -0.379 e. The van der Waals surface area contributed by atoms with Gasteiger partial charge < -0.3 is 9.88 Å². The van der Waals surface area contributed by atoms with Crippen LogP contribution in [0.25, 0.3) is 0 Å². The van der Waals surface area contributed by atoms with E-state index in [4.69, 9.17) is 11.6 Å². The van der Waals surface area contributed by atoms with Crippen LogP contribution in [0.1, 0.15) is 6.92 Å². The topological polar surface area (TPSA) is 42.7 Å². The van der Waals surface area contributed by atoms with Crippen LogP contribution in [0.2, 0.25) is 5.02 Å². The summed E-state index contributed by atoms with van der Waals surface area (Å²) in [6, 6.07) is 2.14. The van der Waals surface area contributed by atoms with Crippen LogP contribution in [-0.2, 0) is 6.54 Å². The zero-order valence-corrected chi connectivity index (χ0v) is 9.72. The van der Waals surface area contributed by atoms with Crippen LogP contribution in [0.15, 0.2) is 37.2 Å². The first kappa shape index (κ1) is 11.0. The predicted molar refractivity (Wildman–Crippen MR) is 64.6 cm³/mol. The molecule has 0 aliphatic rings. The molecule has 84 valence electrons. The predicted octanol–water partition coefficient (Wildman–Crippen LogP) is 2.43. The lowest BCUT2D eigenvalue weighted by Crippen LogP contribution is -2.21. The van der Waals surface area contributed by atoms with Crippen molar-refractivity contribution in [1.82, 2.24) is 14.5 Å². The van der Waals surface area contributed by atoms with Crippen molar-refractivity contribution >= 4 is 17.3 Å². The van der Waals surface area contributed by atoms with E-state index < -0.39 is 0 Å². The Morgan fingerprint density at radius 3 is 3.00 bits per heavy atom. The van der Waals surface area contributed by atoms with Gasteiger partial charge in [-0.3, -0.25) is 4.98 Å². The van der Waals surface area contributed by atoms with Gasteiger partial charge in [0.15, 0.2) is 0 Å². The molecule has 4 nitrogen and oxygen atoms in total. The van der Waals surface area contributed by atoms with Gasteiger partial charge in [-0.1, -0.05) is 11.6 Å². The number of hydrogen-bond donors (Lipinski definition) is 1. The number of imidazole rings is 1. The molecule has 0 bridgehead atoms. The highest BCUT2D eigenvalue weighted by Crippen LogP contribution is 2.20. The number of aromatic nitrogens is 3. The van der Waals surface area contributed by atoms with E-state index in [-0.39, 0.29) is 6.04 Å². The molecule has 0 fully saturated rings. The molecule has 2 heterocycles. The average molecular weight is 237 g/mol. The van der Waals surface area contributed by atoms with Crippen LogP contribution in [0.4, 0.5) is 5.69 Å². The van der Waals surface area contributed by atoms with Crippen LogP contribution < -0.4 is 5.32 Å². The van der Waals surface area contributed by atoms with Crippen molar-refractivity contribution in [2.45, 2.75) is 19.5 Å². The fourth-order valence-corrected chi connectivity index (χ4v) is 1.69. The molecule has 1 unspecified atom stereocenters. The Morgan fingerprint density at radius 1 is 1.44 bits per heavy atom. The Kier molecular flexibility index (Phi) is 3.41. The molecule has 0 radical (unpaired) electrons. The molecule has 0 aliphatic carbocycles. The van der Waals surface area contributed by atoms with Gasteiger partial charge >= 0.3 is 0 Å². The first-order valence-corrected chi connectivity index (χ1v) is 5.45. The standard InChI is InChI=1S/C11H13ClN4/c1-9(7-16-5-4-14-8-16)15-11-2-3-13-6-10(11)12/h2-6,8-9H,7H2,1H3,(H,13,15). The fraction of sp³-hybridized carbons (Fsp3) is 0.273. The Bertz CT molecular complexity index is 441. The summed E-state index contributed by atoms with van der Waals surface area (Å²) in [5.74, 6) is 0. The Hall–Kier alpha value is -1.55. The van der Waals surface area contributed by atoms with E-state index in [1.807, 2.05) is 16.8 Å². The molecule has 1 atom stereocenters. The van der Waals surface area contributed by atoms with E-state index in [1.165, 1.54) is 0 Å². The fourth-order valence-electron chi connectivity index (χ4n) is 1.51. The van der Waals surface area contributed by atoms with E-state index in [0.717, 1.165) is 12.2 Å². The van der Waals surface area contributed by atoms with Crippen molar-refractivity contribution in [1.29, 1.82) is 0 Å². The summed E-state index contributed by atoms with van der Waals surface area (Å²) in [5, 5.41) is 3.97. The van der Waals surface area contributed by atoms with Crippen molar-refractivity contribution in [2.75, 3.05) is 5.32 Å². The molecule has 0 saturated heterocycles. The van der Waals surface area contributed by atoms with E-state index in [2.05, 4.69) is 22.2 Å². The minimum atomic E-state index is 0.272. The summed E-state index contributed by atoms with van der Waals surface area (Å²) in [6.45, 7) is 2.94. The zero-order chi connectivity index (χ0) is 11.4. The van der Waals surface area contributed by atoms with Crippen LogP contribution >= 0.6 is 11.6 Å². The Balaban J connectivity index is 1.97. The highest BCUT2D eigenvalue weighted by atomic mass is 35.5. The van der Waals surface area contributed by atoms with Gasteiger partial charge in [0.1, 0.15) is 0 Å². The number of pyridine rings is 1. The van der Waals surface area contributed by atoms with Gasteiger partial charge in [-0.25, -0.2) is 4.98 Å². The molecule has 5 heteroatoms. The monoisotopic (exact) mass is 236 g/mol. The van der Waals surface area contributed by atoms with Gasteiger partial charge in [-0.05, 0) is 13.0 Å². The highest BCUT2D eigenvalue weighted by molar-refractivity contribution is 6.33.